The summed E-state index contributed by atoms with van der Waals surface area (Å²) < 4.78 is 41.4. The number of ether oxygens (including phenoxy) is 2. The van der Waals surface area contributed by atoms with Crippen LogP contribution in [0.5, 0.6) is 17.2 Å². The van der Waals surface area contributed by atoms with Gasteiger partial charge in [0.2, 0.25) is 0 Å². The summed E-state index contributed by atoms with van der Waals surface area (Å²) in [5, 5.41) is -0.00540. The SMILES string of the molecule is COc1cc(/C=C2\SC(=O)N(CCOc3cccc(C)c3)C2=O)ccc1OS(=O)(=O)c1ccc(Cl)cc1. The van der Waals surface area contributed by atoms with E-state index in [1.165, 1.54) is 49.6 Å². The van der Waals surface area contributed by atoms with Crippen LogP contribution in [-0.4, -0.2) is 44.7 Å². The van der Waals surface area contributed by atoms with Crippen LogP contribution in [0.25, 0.3) is 6.08 Å². The molecule has 0 saturated carbocycles. The lowest BCUT2D eigenvalue weighted by Gasteiger charge is -2.13. The first-order valence-electron chi connectivity index (χ1n) is 11.0. The van der Waals surface area contributed by atoms with Gasteiger partial charge in [-0.25, -0.2) is 0 Å². The normalized spacial score (nSPS) is 14.8. The fraction of sp³-hybridized carbons (Fsp3) is 0.154. The fourth-order valence-electron chi connectivity index (χ4n) is 3.41. The van der Waals surface area contributed by atoms with E-state index < -0.39 is 21.3 Å². The summed E-state index contributed by atoms with van der Waals surface area (Å²) in [6.45, 7) is 2.21. The number of imide groups is 1. The molecular formula is C26H22ClNO7S2. The number of carbonyl (C=O) groups excluding carboxylic acids is 2. The van der Waals surface area contributed by atoms with Crippen molar-refractivity contribution in [1.29, 1.82) is 0 Å². The molecule has 1 heterocycles. The maximum atomic E-state index is 12.8. The molecular weight excluding hydrogens is 538 g/mol. The number of rotatable bonds is 9. The van der Waals surface area contributed by atoms with Gasteiger partial charge in [0, 0.05) is 5.02 Å². The molecule has 1 saturated heterocycles. The highest BCUT2D eigenvalue weighted by molar-refractivity contribution is 8.18. The predicted octanol–water partition coefficient (Wildman–Crippen LogP) is 5.54. The minimum Gasteiger partial charge on any atom is -0.493 e. The van der Waals surface area contributed by atoms with Crippen LogP contribution >= 0.6 is 23.4 Å². The standard InChI is InChI=1S/C26H22ClNO7S2/c1-17-4-3-5-20(14-17)34-13-12-28-25(29)24(36-26(28)30)16-18-6-11-22(23(15-18)33-2)35-37(31,32)21-9-7-19(27)8-10-21/h3-11,14-16H,12-13H2,1-2H3/b24-16-. The highest BCUT2D eigenvalue weighted by Gasteiger charge is 2.35. The van der Waals surface area contributed by atoms with Crippen LogP contribution in [0.4, 0.5) is 4.79 Å². The van der Waals surface area contributed by atoms with Crippen molar-refractivity contribution in [3.8, 4) is 17.2 Å². The molecule has 0 unspecified atom stereocenters. The number of benzene rings is 3. The Kier molecular flexibility index (Phi) is 8.11. The molecule has 3 aromatic rings. The van der Waals surface area contributed by atoms with Crippen molar-refractivity contribution in [3.05, 3.63) is 87.8 Å². The Morgan fingerprint density at radius 3 is 2.46 bits per heavy atom. The maximum absolute atomic E-state index is 12.8. The topological polar surface area (TPSA) is 99.2 Å². The van der Waals surface area contributed by atoms with Gasteiger partial charge in [-0.1, -0.05) is 29.8 Å². The minimum atomic E-state index is -4.13. The number of methoxy groups -OCH3 is 1. The smallest absolute Gasteiger partial charge is 0.339 e. The molecule has 3 aromatic carbocycles. The highest BCUT2D eigenvalue weighted by Crippen LogP contribution is 2.35. The third-order valence-corrected chi connectivity index (χ3v) is 7.64. The molecule has 192 valence electrons. The second-order valence-corrected chi connectivity index (χ2v) is 10.9. The molecule has 11 heteroatoms. The molecule has 0 aliphatic carbocycles. The quantitative estimate of drug-likeness (QED) is 0.249. The van der Waals surface area contributed by atoms with E-state index in [1.807, 2.05) is 31.2 Å². The van der Waals surface area contributed by atoms with Gasteiger partial charge in [0.25, 0.3) is 11.1 Å². The zero-order valence-electron chi connectivity index (χ0n) is 19.8. The Morgan fingerprint density at radius 2 is 1.76 bits per heavy atom. The first kappa shape index (κ1) is 26.6. The number of halogens is 1. The van der Waals surface area contributed by atoms with Crippen molar-refractivity contribution in [1.82, 2.24) is 4.90 Å². The van der Waals surface area contributed by atoms with Gasteiger partial charge < -0.3 is 13.7 Å². The second kappa shape index (κ2) is 11.3. The molecule has 1 aliphatic heterocycles. The summed E-state index contributed by atoms with van der Waals surface area (Å²) in [5.41, 5.74) is 1.57. The zero-order chi connectivity index (χ0) is 26.6. The van der Waals surface area contributed by atoms with Crippen molar-refractivity contribution in [2.45, 2.75) is 11.8 Å². The molecule has 0 bridgehead atoms. The van der Waals surface area contributed by atoms with Crippen LogP contribution < -0.4 is 13.7 Å². The molecule has 0 radical (unpaired) electrons. The van der Waals surface area contributed by atoms with E-state index in [0.717, 1.165) is 22.2 Å². The number of nitrogens with zero attached hydrogens (tertiary/aromatic N) is 1. The Morgan fingerprint density at radius 1 is 1.00 bits per heavy atom. The van der Waals surface area contributed by atoms with Gasteiger partial charge in [-0.15, -0.1) is 0 Å². The summed E-state index contributed by atoms with van der Waals surface area (Å²) in [7, 11) is -2.76. The summed E-state index contributed by atoms with van der Waals surface area (Å²) in [6.07, 6.45) is 1.53. The Bertz CT molecular complexity index is 1470. The summed E-state index contributed by atoms with van der Waals surface area (Å²) in [4.78, 5) is 26.5. The fourth-order valence-corrected chi connectivity index (χ4v) is 5.35. The van der Waals surface area contributed by atoms with E-state index >= 15 is 0 Å². The average Bonchev–Trinajstić information content (AvgIpc) is 3.12. The van der Waals surface area contributed by atoms with Crippen LogP contribution in [0, 0.1) is 6.92 Å². The van der Waals surface area contributed by atoms with Crippen LogP contribution in [0.1, 0.15) is 11.1 Å². The molecule has 1 aliphatic rings. The lowest BCUT2D eigenvalue weighted by atomic mass is 10.2. The minimum absolute atomic E-state index is 0.0315. The lowest BCUT2D eigenvalue weighted by Crippen LogP contribution is -2.32. The van der Waals surface area contributed by atoms with Crippen LogP contribution in [0.3, 0.4) is 0 Å². The number of hydrogen-bond acceptors (Lipinski definition) is 8. The first-order chi connectivity index (χ1) is 17.7. The second-order valence-electron chi connectivity index (χ2n) is 7.90. The number of carbonyl (C=O) groups is 2. The van der Waals surface area contributed by atoms with E-state index in [4.69, 9.17) is 25.3 Å². The highest BCUT2D eigenvalue weighted by atomic mass is 35.5. The summed E-state index contributed by atoms with van der Waals surface area (Å²) >= 11 is 6.64. The van der Waals surface area contributed by atoms with Gasteiger partial charge in [-0.2, -0.15) is 8.42 Å². The van der Waals surface area contributed by atoms with Crippen molar-refractivity contribution in [3.63, 3.8) is 0 Å². The number of thioether (sulfide) groups is 1. The van der Waals surface area contributed by atoms with E-state index in [2.05, 4.69) is 0 Å². The first-order valence-corrected chi connectivity index (χ1v) is 13.6. The molecule has 0 N–H and O–H groups in total. The van der Waals surface area contributed by atoms with Gasteiger partial charge in [-0.05, 0) is 84.4 Å². The molecule has 1 fully saturated rings. The van der Waals surface area contributed by atoms with E-state index in [-0.39, 0.29) is 34.5 Å². The number of aryl methyl sites for hydroxylation is 1. The molecule has 4 rings (SSSR count). The number of hydrogen-bond donors (Lipinski definition) is 0. The van der Waals surface area contributed by atoms with Crippen LogP contribution in [0.15, 0.2) is 76.5 Å². The third-order valence-electron chi connectivity index (χ3n) is 5.23. The van der Waals surface area contributed by atoms with Gasteiger partial charge in [-0.3, -0.25) is 14.5 Å². The molecule has 8 nitrogen and oxygen atoms in total. The molecule has 0 aromatic heterocycles. The largest absolute Gasteiger partial charge is 0.493 e. The lowest BCUT2D eigenvalue weighted by molar-refractivity contribution is -0.123. The van der Waals surface area contributed by atoms with Crippen molar-refractivity contribution in [2.24, 2.45) is 0 Å². The van der Waals surface area contributed by atoms with Crippen LogP contribution in [-0.2, 0) is 14.9 Å². The molecule has 37 heavy (non-hydrogen) atoms. The van der Waals surface area contributed by atoms with E-state index in [0.29, 0.717) is 16.3 Å². The van der Waals surface area contributed by atoms with Crippen molar-refractivity contribution < 1.29 is 31.7 Å². The average molecular weight is 560 g/mol. The monoisotopic (exact) mass is 559 g/mol. The Balaban J connectivity index is 1.45. The van der Waals surface area contributed by atoms with Gasteiger partial charge in [0.05, 0.1) is 18.6 Å². The van der Waals surface area contributed by atoms with Crippen LogP contribution in [0.2, 0.25) is 5.02 Å². The Hall–Kier alpha value is -3.47. The molecule has 2 amide bonds. The van der Waals surface area contributed by atoms with E-state index in [1.54, 1.807) is 6.07 Å². The van der Waals surface area contributed by atoms with Gasteiger partial charge >= 0.3 is 10.1 Å². The van der Waals surface area contributed by atoms with Gasteiger partial charge in [0.1, 0.15) is 17.3 Å². The van der Waals surface area contributed by atoms with Crippen molar-refractivity contribution in [2.75, 3.05) is 20.3 Å². The van der Waals surface area contributed by atoms with E-state index in [9.17, 15) is 18.0 Å². The van der Waals surface area contributed by atoms with Gasteiger partial charge in [0.15, 0.2) is 11.5 Å². The number of amides is 2. The zero-order valence-corrected chi connectivity index (χ0v) is 22.2. The Labute approximate surface area is 223 Å². The summed E-state index contributed by atoms with van der Waals surface area (Å²) in [5.74, 6) is 0.329. The third kappa shape index (κ3) is 6.46. The predicted molar refractivity (Wildman–Crippen MR) is 142 cm³/mol. The molecule has 0 atom stereocenters. The molecule has 0 spiro atoms. The maximum Gasteiger partial charge on any atom is 0.339 e. The summed E-state index contributed by atoms with van der Waals surface area (Å²) in [6, 6.07) is 17.5. The van der Waals surface area contributed by atoms with Crippen molar-refractivity contribution >= 4 is 50.7 Å².